The van der Waals surface area contributed by atoms with Crippen LogP contribution in [0.15, 0.2) is 0 Å². The van der Waals surface area contributed by atoms with E-state index in [1.807, 2.05) is 0 Å². The maximum absolute atomic E-state index is 12.2. The van der Waals surface area contributed by atoms with Crippen LogP contribution in [-0.2, 0) is 14.3 Å². The van der Waals surface area contributed by atoms with Crippen molar-refractivity contribution in [3.05, 3.63) is 0 Å². The number of esters is 1. The van der Waals surface area contributed by atoms with Gasteiger partial charge in [-0.15, -0.1) is 0 Å². The van der Waals surface area contributed by atoms with Gasteiger partial charge in [0, 0.05) is 6.42 Å². The lowest BCUT2D eigenvalue weighted by atomic mass is 10.0. The van der Waals surface area contributed by atoms with E-state index in [0.717, 1.165) is 38.5 Å². The molecule has 0 saturated carbocycles. The zero-order valence-electron chi connectivity index (χ0n) is 27.2. The lowest BCUT2D eigenvalue weighted by molar-refractivity contribution is -0.164. The van der Waals surface area contributed by atoms with E-state index in [2.05, 4.69) is 13.8 Å². The van der Waals surface area contributed by atoms with Crippen LogP contribution in [0, 0.1) is 0 Å². The number of carbonyl (C=O) groups is 2. The molecular formula is C36H70O4. The van der Waals surface area contributed by atoms with Crippen LogP contribution in [0.2, 0.25) is 0 Å². The molecule has 238 valence electrons. The summed E-state index contributed by atoms with van der Waals surface area (Å²) >= 11 is 0. The summed E-state index contributed by atoms with van der Waals surface area (Å²) in [6, 6.07) is 0. The number of hydrogen-bond donors (Lipinski definition) is 1. The predicted molar refractivity (Wildman–Crippen MR) is 172 cm³/mol. The van der Waals surface area contributed by atoms with Crippen LogP contribution >= 0.6 is 0 Å². The number of unbranched alkanes of at least 4 members (excludes halogenated alkanes) is 27. The predicted octanol–water partition coefficient (Wildman–Crippen LogP) is 12.1. The van der Waals surface area contributed by atoms with E-state index < -0.39 is 12.1 Å². The van der Waals surface area contributed by atoms with Gasteiger partial charge in [-0.3, -0.25) is 4.79 Å². The standard InChI is InChI=1S/C36H70O4/c1-3-5-7-9-11-13-15-17-18-19-20-21-23-25-27-29-31-33-35(37)40-34(36(38)39)32-30-28-26-24-22-16-14-12-10-8-6-4-2/h34H,3-33H2,1-2H3,(H,38,39). The van der Waals surface area contributed by atoms with Crippen molar-refractivity contribution in [1.29, 1.82) is 0 Å². The van der Waals surface area contributed by atoms with Gasteiger partial charge in [0.1, 0.15) is 0 Å². The maximum Gasteiger partial charge on any atom is 0.345 e. The zero-order valence-corrected chi connectivity index (χ0v) is 27.2. The lowest BCUT2D eigenvalue weighted by Crippen LogP contribution is -2.27. The van der Waals surface area contributed by atoms with E-state index in [1.54, 1.807) is 0 Å². The van der Waals surface area contributed by atoms with Crippen LogP contribution < -0.4 is 0 Å². The molecule has 0 rings (SSSR count). The quantitative estimate of drug-likeness (QED) is 0.0633. The monoisotopic (exact) mass is 567 g/mol. The first kappa shape index (κ1) is 38.9. The summed E-state index contributed by atoms with van der Waals surface area (Å²) in [6.07, 6.45) is 37.1. The molecule has 1 unspecified atom stereocenters. The highest BCUT2D eigenvalue weighted by atomic mass is 16.6. The van der Waals surface area contributed by atoms with Gasteiger partial charge < -0.3 is 9.84 Å². The minimum absolute atomic E-state index is 0.340. The van der Waals surface area contributed by atoms with Crippen LogP contribution in [0.4, 0.5) is 0 Å². The summed E-state index contributed by atoms with van der Waals surface area (Å²) in [4.78, 5) is 23.7. The van der Waals surface area contributed by atoms with Gasteiger partial charge >= 0.3 is 11.9 Å². The average molecular weight is 567 g/mol. The number of aliphatic carboxylic acids is 1. The largest absolute Gasteiger partial charge is 0.479 e. The number of rotatable bonds is 33. The molecule has 0 bridgehead atoms. The third-order valence-corrected chi connectivity index (χ3v) is 8.35. The van der Waals surface area contributed by atoms with Crippen molar-refractivity contribution in [1.82, 2.24) is 0 Å². The Kier molecular flexibility index (Phi) is 31.6. The van der Waals surface area contributed by atoms with Crippen molar-refractivity contribution < 1.29 is 19.4 Å². The SMILES string of the molecule is CCCCCCCCCCCCCCCCCCCC(=O)OC(CCCCCCCCCCCCCC)C(=O)O. The number of hydrogen-bond acceptors (Lipinski definition) is 3. The molecule has 0 aliphatic rings. The van der Waals surface area contributed by atoms with E-state index >= 15 is 0 Å². The first-order chi connectivity index (χ1) is 19.6. The normalized spacial score (nSPS) is 12.1. The Morgan fingerprint density at radius 1 is 0.450 bits per heavy atom. The molecule has 0 aromatic carbocycles. The first-order valence-corrected chi connectivity index (χ1v) is 18.0. The van der Waals surface area contributed by atoms with E-state index in [9.17, 15) is 14.7 Å². The van der Waals surface area contributed by atoms with E-state index in [4.69, 9.17) is 4.74 Å². The Balaban J connectivity index is 3.50. The molecule has 0 radical (unpaired) electrons. The Morgan fingerprint density at radius 3 is 1.02 bits per heavy atom. The average Bonchev–Trinajstić information content (AvgIpc) is 2.94. The second-order valence-electron chi connectivity index (χ2n) is 12.4. The summed E-state index contributed by atoms with van der Waals surface area (Å²) in [5, 5.41) is 9.44. The van der Waals surface area contributed by atoms with Crippen LogP contribution in [-0.4, -0.2) is 23.1 Å². The molecule has 0 spiro atoms. The van der Waals surface area contributed by atoms with Crippen LogP contribution in [0.3, 0.4) is 0 Å². The maximum atomic E-state index is 12.2. The van der Waals surface area contributed by atoms with Gasteiger partial charge in [-0.1, -0.05) is 187 Å². The molecule has 0 heterocycles. The number of carbonyl (C=O) groups excluding carboxylic acids is 1. The molecule has 1 atom stereocenters. The molecule has 0 aliphatic heterocycles. The minimum atomic E-state index is -1.00. The topological polar surface area (TPSA) is 63.6 Å². The number of ether oxygens (including phenoxy) is 1. The second kappa shape index (κ2) is 32.5. The Labute approximate surface area is 250 Å². The minimum Gasteiger partial charge on any atom is -0.479 e. The fourth-order valence-electron chi connectivity index (χ4n) is 5.62. The molecule has 0 aliphatic carbocycles. The zero-order chi connectivity index (χ0) is 29.4. The van der Waals surface area contributed by atoms with E-state index in [-0.39, 0.29) is 5.97 Å². The molecule has 0 aromatic heterocycles. The van der Waals surface area contributed by atoms with Crippen LogP contribution in [0.5, 0.6) is 0 Å². The Bertz CT molecular complexity index is 533. The van der Waals surface area contributed by atoms with Crippen molar-refractivity contribution in [3.8, 4) is 0 Å². The Morgan fingerprint density at radius 2 is 0.725 bits per heavy atom. The van der Waals surface area contributed by atoms with Crippen molar-refractivity contribution in [2.75, 3.05) is 0 Å². The van der Waals surface area contributed by atoms with E-state index in [1.165, 1.54) is 148 Å². The third kappa shape index (κ3) is 29.9. The van der Waals surface area contributed by atoms with Gasteiger partial charge in [-0.25, -0.2) is 4.79 Å². The van der Waals surface area contributed by atoms with Gasteiger partial charge in [0.2, 0.25) is 0 Å². The van der Waals surface area contributed by atoms with Crippen molar-refractivity contribution in [2.45, 2.75) is 219 Å². The fraction of sp³-hybridized carbons (Fsp3) is 0.944. The first-order valence-electron chi connectivity index (χ1n) is 18.0. The molecule has 4 nitrogen and oxygen atoms in total. The fourth-order valence-corrected chi connectivity index (χ4v) is 5.62. The summed E-state index contributed by atoms with van der Waals surface area (Å²) in [7, 11) is 0. The smallest absolute Gasteiger partial charge is 0.345 e. The third-order valence-electron chi connectivity index (χ3n) is 8.35. The van der Waals surface area contributed by atoms with Gasteiger partial charge in [0.15, 0.2) is 6.10 Å². The second-order valence-corrected chi connectivity index (χ2v) is 12.4. The Hall–Kier alpha value is -1.06. The van der Waals surface area contributed by atoms with Crippen LogP contribution in [0.25, 0.3) is 0 Å². The highest BCUT2D eigenvalue weighted by Crippen LogP contribution is 2.16. The van der Waals surface area contributed by atoms with Gasteiger partial charge in [0.05, 0.1) is 0 Å². The summed E-state index contributed by atoms with van der Waals surface area (Å²) in [5.74, 6) is -1.34. The molecule has 0 amide bonds. The number of carboxylic acids is 1. The van der Waals surface area contributed by atoms with Crippen molar-refractivity contribution in [2.24, 2.45) is 0 Å². The lowest BCUT2D eigenvalue weighted by Gasteiger charge is -2.13. The molecule has 4 heteroatoms. The number of carboxylic acid groups (broad SMARTS) is 1. The van der Waals surface area contributed by atoms with Crippen molar-refractivity contribution in [3.63, 3.8) is 0 Å². The molecule has 1 N–H and O–H groups in total. The highest BCUT2D eigenvalue weighted by molar-refractivity contribution is 5.77. The van der Waals surface area contributed by atoms with Gasteiger partial charge in [-0.2, -0.15) is 0 Å². The molecule has 0 aromatic rings. The molecule has 0 saturated heterocycles. The van der Waals surface area contributed by atoms with Gasteiger partial charge in [-0.05, 0) is 19.3 Å². The molecule has 40 heavy (non-hydrogen) atoms. The summed E-state index contributed by atoms with van der Waals surface area (Å²) < 4.78 is 5.30. The van der Waals surface area contributed by atoms with Crippen LogP contribution in [0.1, 0.15) is 213 Å². The molecular weight excluding hydrogens is 496 g/mol. The summed E-state index contributed by atoms with van der Waals surface area (Å²) in [5.41, 5.74) is 0. The van der Waals surface area contributed by atoms with Gasteiger partial charge in [0.25, 0.3) is 0 Å². The molecule has 0 fully saturated rings. The highest BCUT2D eigenvalue weighted by Gasteiger charge is 2.21. The summed E-state index contributed by atoms with van der Waals surface area (Å²) in [6.45, 7) is 4.53. The van der Waals surface area contributed by atoms with E-state index in [0.29, 0.717) is 12.8 Å². The van der Waals surface area contributed by atoms with Crippen molar-refractivity contribution >= 4 is 11.9 Å².